The highest BCUT2D eigenvalue weighted by Gasteiger charge is 2.33. The number of carbonyl (C=O) groups excluding carboxylic acids is 8. The second-order valence-electron chi connectivity index (χ2n) is 7.85. The molecule has 2 saturated heterocycles. The Labute approximate surface area is 211 Å². The summed E-state index contributed by atoms with van der Waals surface area (Å²) in [5.41, 5.74) is 0. The van der Waals surface area contributed by atoms with Gasteiger partial charge in [0.1, 0.15) is 0 Å². The third-order valence-corrected chi connectivity index (χ3v) is 4.86. The fraction of sp³-hybridized carbons (Fsp3) is 0.636. The number of hydrogen-bond donors (Lipinski definition) is 0. The number of carbonyl (C=O) groups is 8. The number of hydrogen-bond acceptors (Lipinski definition) is 13. The standard InChI is InChI=1S/C22H28N2O13/c25-15-3-4-16(26)23(15)36-21(31)9-7-19(29)34-13-1-11-33-12-2-14-35-20(30)8-10-22(32)37-24-17(27)5-6-18(24)28/h1-14H2. The minimum atomic E-state index is -0.889. The molecule has 4 amide bonds. The van der Waals surface area contributed by atoms with E-state index in [9.17, 15) is 38.4 Å². The molecule has 15 heteroatoms. The first-order valence-corrected chi connectivity index (χ1v) is 11.7. The van der Waals surface area contributed by atoms with Crippen LogP contribution in [0.1, 0.15) is 64.2 Å². The lowest BCUT2D eigenvalue weighted by molar-refractivity contribution is -0.197. The minimum Gasteiger partial charge on any atom is -0.466 e. The molecule has 37 heavy (non-hydrogen) atoms. The van der Waals surface area contributed by atoms with E-state index in [1.807, 2.05) is 0 Å². The molecule has 0 N–H and O–H groups in total. The predicted octanol–water partition coefficient (Wildman–Crippen LogP) is -0.356. The topological polar surface area (TPSA) is 189 Å². The average Bonchev–Trinajstić information content (AvgIpc) is 3.35. The van der Waals surface area contributed by atoms with Gasteiger partial charge in [-0.15, -0.1) is 10.1 Å². The van der Waals surface area contributed by atoms with Crippen LogP contribution in [0, 0.1) is 0 Å². The number of rotatable bonds is 16. The van der Waals surface area contributed by atoms with E-state index < -0.39 is 47.5 Å². The summed E-state index contributed by atoms with van der Waals surface area (Å²) in [6.07, 6.45) is -0.534. The maximum atomic E-state index is 11.6. The van der Waals surface area contributed by atoms with Gasteiger partial charge < -0.3 is 23.9 Å². The number of esters is 2. The molecule has 0 aromatic carbocycles. The second kappa shape index (κ2) is 15.3. The number of hydroxylamine groups is 4. The Hall–Kier alpha value is -3.88. The first-order valence-electron chi connectivity index (χ1n) is 11.7. The van der Waals surface area contributed by atoms with Gasteiger partial charge in [-0.1, -0.05) is 0 Å². The fourth-order valence-corrected chi connectivity index (χ4v) is 2.96. The largest absolute Gasteiger partial charge is 0.466 e. The molecule has 0 radical (unpaired) electrons. The molecule has 0 bridgehead atoms. The molecule has 0 atom stereocenters. The smallest absolute Gasteiger partial charge is 0.333 e. The van der Waals surface area contributed by atoms with E-state index in [0.29, 0.717) is 23.0 Å². The lowest BCUT2D eigenvalue weighted by Crippen LogP contribution is -2.32. The molecular formula is C22H28N2O13. The molecule has 0 spiro atoms. The lowest BCUT2D eigenvalue weighted by atomic mass is 10.3. The van der Waals surface area contributed by atoms with E-state index in [1.165, 1.54) is 0 Å². The highest BCUT2D eigenvalue weighted by atomic mass is 16.7. The summed E-state index contributed by atoms with van der Waals surface area (Å²) in [7, 11) is 0. The summed E-state index contributed by atoms with van der Waals surface area (Å²) in [4.78, 5) is 101. The van der Waals surface area contributed by atoms with E-state index in [2.05, 4.69) is 9.68 Å². The van der Waals surface area contributed by atoms with Crippen LogP contribution in [0.3, 0.4) is 0 Å². The van der Waals surface area contributed by atoms with Gasteiger partial charge in [0.05, 0.1) is 38.9 Å². The van der Waals surface area contributed by atoms with Gasteiger partial charge in [-0.25, -0.2) is 9.59 Å². The number of amides is 4. The van der Waals surface area contributed by atoms with Crippen molar-refractivity contribution in [2.24, 2.45) is 0 Å². The molecule has 2 fully saturated rings. The third kappa shape index (κ3) is 10.7. The molecule has 15 nitrogen and oxygen atoms in total. The number of nitrogens with zero attached hydrogens (tertiary/aromatic N) is 2. The molecule has 2 aliphatic heterocycles. The van der Waals surface area contributed by atoms with Gasteiger partial charge in [-0.2, -0.15) is 0 Å². The third-order valence-electron chi connectivity index (χ3n) is 4.86. The highest BCUT2D eigenvalue weighted by Crippen LogP contribution is 2.14. The molecule has 2 aliphatic rings. The average molecular weight is 528 g/mol. The Morgan fingerprint density at radius 1 is 0.514 bits per heavy atom. The zero-order valence-corrected chi connectivity index (χ0v) is 20.1. The Balaban J connectivity index is 1.39. The van der Waals surface area contributed by atoms with E-state index in [-0.39, 0.29) is 77.8 Å². The maximum Gasteiger partial charge on any atom is 0.333 e. The Bertz CT molecular complexity index is 812. The molecule has 0 aromatic rings. The van der Waals surface area contributed by atoms with Crippen LogP contribution >= 0.6 is 0 Å². The van der Waals surface area contributed by atoms with E-state index in [1.54, 1.807) is 0 Å². The van der Waals surface area contributed by atoms with Crippen molar-refractivity contribution in [2.75, 3.05) is 26.4 Å². The SMILES string of the molecule is O=C(CCC(=O)ON1C(=O)CCC1=O)OCCCOCCCOC(=O)CCC(=O)ON1C(=O)CCC1=O. The van der Waals surface area contributed by atoms with Crippen LogP contribution < -0.4 is 0 Å². The quantitative estimate of drug-likeness (QED) is 0.144. The number of imide groups is 2. The summed E-state index contributed by atoms with van der Waals surface area (Å²) >= 11 is 0. The van der Waals surface area contributed by atoms with Gasteiger partial charge in [0.2, 0.25) is 0 Å². The molecule has 2 heterocycles. The summed E-state index contributed by atoms with van der Waals surface area (Å²) in [5, 5.41) is 0.819. The van der Waals surface area contributed by atoms with Crippen LogP contribution in [0.4, 0.5) is 0 Å². The summed E-state index contributed by atoms with van der Waals surface area (Å²) < 4.78 is 15.2. The fourth-order valence-electron chi connectivity index (χ4n) is 2.96. The predicted molar refractivity (Wildman–Crippen MR) is 115 cm³/mol. The minimum absolute atomic E-state index is 0.0197. The van der Waals surface area contributed by atoms with E-state index in [4.69, 9.17) is 14.2 Å². The highest BCUT2D eigenvalue weighted by molar-refractivity contribution is 6.02. The molecule has 0 aromatic heterocycles. The van der Waals surface area contributed by atoms with Crippen LogP contribution in [-0.2, 0) is 62.2 Å². The van der Waals surface area contributed by atoms with Crippen LogP contribution in [0.5, 0.6) is 0 Å². The first kappa shape index (κ1) is 29.4. The first-order chi connectivity index (χ1) is 17.7. The zero-order chi connectivity index (χ0) is 27.2. The maximum absolute atomic E-state index is 11.6. The van der Waals surface area contributed by atoms with Crippen molar-refractivity contribution < 1.29 is 62.2 Å². The monoisotopic (exact) mass is 528 g/mol. The molecular weight excluding hydrogens is 500 g/mol. The molecule has 0 saturated carbocycles. The normalized spacial score (nSPS) is 15.2. The van der Waals surface area contributed by atoms with Crippen molar-refractivity contribution in [1.29, 1.82) is 0 Å². The Morgan fingerprint density at radius 2 is 0.838 bits per heavy atom. The molecule has 204 valence electrons. The van der Waals surface area contributed by atoms with E-state index >= 15 is 0 Å². The van der Waals surface area contributed by atoms with Crippen molar-refractivity contribution in [1.82, 2.24) is 10.1 Å². The van der Waals surface area contributed by atoms with Crippen molar-refractivity contribution in [3.8, 4) is 0 Å². The van der Waals surface area contributed by atoms with Crippen molar-refractivity contribution >= 4 is 47.5 Å². The van der Waals surface area contributed by atoms with Crippen LogP contribution in [0.15, 0.2) is 0 Å². The summed E-state index contributed by atoms with van der Waals surface area (Å²) in [6, 6.07) is 0. The zero-order valence-electron chi connectivity index (χ0n) is 20.1. The lowest BCUT2D eigenvalue weighted by Gasteiger charge is -2.12. The Morgan fingerprint density at radius 3 is 1.19 bits per heavy atom. The van der Waals surface area contributed by atoms with Crippen molar-refractivity contribution in [3.63, 3.8) is 0 Å². The van der Waals surface area contributed by atoms with Crippen LogP contribution in [-0.4, -0.2) is 84.1 Å². The second-order valence-corrected chi connectivity index (χ2v) is 7.85. The summed E-state index contributed by atoms with van der Waals surface area (Å²) in [6.45, 7) is 0.637. The van der Waals surface area contributed by atoms with Gasteiger partial charge >= 0.3 is 23.9 Å². The molecule has 2 rings (SSSR count). The van der Waals surface area contributed by atoms with Crippen LogP contribution in [0.25, 0.3) is 0 Å². The van der Waals surface area contributed by atoms with Gasteiger partial charge in [-0.05, 0) is 0 Å². The Kier molecular flexibility index (Phi) is 12.1. The number of ether oxygens (including phenoxy) is 3. The van der Waals surface area contributed by atoms with Crippen molar-refractivity contribution in [2.45, 2.75) is 64.2 Å². The van der Waals surface area contributed by atoms with Gasteiger partial charge in [0, 0.05) is 51.7 Å². The summed E-state index contributed by atoms with van der Waals surface area (Å²) in [5.74, 6) is -5.49. The molecule has 0 aliphatic carbocycles. The van der Waals surface area contributed by atoms with Crippen molar-refractivity contribution in [3.05, 3.63) is 0 Å². The van der Waals surface area contributed by atoms with E-state index in [0.717, 1.165) is 0 Å². The van der Waals surface area contributed by atoms with Gasteiger partial charge in [-0.3, -0.25) is 28.8 Å². The van der Waals surface area contributed by atoms with Crippen LogP contribution in [0.2, 0.25) is 0 Å². The van der Waals surface area contributed by atoms with Gasteiger partial charge in [0.15, 0.2) is 0 Å². The van der Waals surface area contributed by atoms with Gasteiger partial charge in [0.25, 0.3) is 23.6 Å². The molecule has 0 unspecified atom stereocenters.